The predicted octanol–water partition coefficient (Wildman–Crippen LogP) is 3.41. The monoisotopic (exact) mass is 332 g/mol. The molecule has 0 saturated carbocycles. The van der Waals surface area contributed by atoms with Gasteiger partial charge in [-0.15, -0.1) is 0 Å². The maximum absolute atomic E-state index is 11.8. The van der Waals surface area contributed by atoms with E-state index in [1.165, 1.54) is 0 Å². The van der Waals surface area contributed by atoms with E-state index < -0.39 is 0 Å². The molecule has 2 aromatic rings. The second-order valence-corrected chi connectivity index (χ2v) is 5.94. The van der Waals surface area contributed by atoms with Gasteiger partial charge in [-0.2, -0.15) is 0 Å². The Kier molecular flexibility index (Phi) is 5.88. The summed E-state index contributed by atoms with van der Waals surface area (Å²) in [5.41, 5.74) is 3.10. The van der Waals surface area contributed by atoms with E-state index in [-0.39, 0.29) is 12.5 Å². The number of ether oxygens (including phenoxy) is 1. The van der Waals surface area contributed by atoms with E-state index in [1.807, 2.05) is 56.3 Å². The highest BCUT2D eigenvalue weighted by molar-refractivity contribution is 6.31. The van der Waals surface area contributed by atoms with Gasteiger partial charge in [0.1, 0.15) is 5.75 Å². The molecule has 5 heteroatoms. The van der Waals surface area contributed by atoms with E-state index >= 15 is 0 Å². The first-order chi connectivity index (χ1) is 11.0. The van der Waals surface area contributed by atoms with Crippen molar-refractivity contribution in [1.82, 2.24) is 5.32 Å². The number of carbonyl (C=O) groups is 1. The lowest BCUT2D eigenvalue weighted by Crippen LogP contribution is -2.28. The Morgan fingerprint density at radius 3 is 2.48 bits per heavy atom. The molecule has 0 spiro atoms. The van der Waals surface area contributed by atoms with Crippen LogP contribution < -0.4 is 15.0 Å². The average Bonchev–Trinajstić information content (AvgIpc) is 2.54. The molecular weight excluding hydrogens is 312 g/mol. The molecule has 0 heterocycles. The van der Waals surface area contributed by atoms with Crippen LogP contribution in [0, 0.1) is 6.92 Å². The molecule has 0 radical (unpaired) electrons. The number of carbonyl (C=O) groups excluding carboxylic acids is 1. The van der Waals surface area contributed by atoms with Crippen molar-refractivity contribution in [3.63, 3.8) is 0 Å². The van der Waals surface area contributed by atoms with Gasteiger partial charge in [0.05, 0.1) is 0 Å². The van der Waals surface area contributed by atoms with E-state index in [4.69, 9.17) is 16.3 Å². The zero-order valence-electron chi connectivity index (χ0n) is 13.6. The van der Waals surface area contributed by atoms with Crippen LogP contribution in [0.4, 0.5) is 5.69 Å². The van der Waals surface area contributed by atoms with E-state index in [0.717, 1.165) is 16.8 Å². The topological polar surface area (TPSA) is 41.6 Å². The molecular formula is C18H21ClN2O2. The number of benzene rings is 2. The molecule has 0 aliphatic heterocycles. The molecule has 0 aliphatic carbocycles. The molecule has 0 unspecified atom stereocenters. The summed E-state index contributed by atoms with van der Waals surface area (Å²) in [5.74, 6) is 0.478. The molecule has 1 N–H and O–H groups in total. The molecule has 0 aromatic heterocycles. The molecule has 2 aromatic carbocycles. The molecule has 122 valence electrons. The number of amides is 1. The summed E-state index contributed by atoms with van der Waals surface area (Å²) in [5, 5.41) is 3.52. The maximum atomic E-state index is 11.8. The molecule has 4 nitrogen and oxygen atoms in total. The van der Waals surface area contributed by atoms with Gasteiger partial charge in [0.2, 0.25) is 0 Å². The van der Waals surface area contributed by atoms with E-state index in [1.54, 1.807) is 12.1 Å². The quantitative estimate of drug-likeness (QED) is 0.881. The Labute approximate surface area is 142 Å². The summed E-state index contributed by atoms with van der Waals surface area (Å²) in [6.07, 6.45) is 0. The van der Waals surface area contributed by atoms with Crippen molar-refractivity contribution in [2.24, 2.45) is 0 Å². The van der Waals surface area contributed by atoms with Crippen LogP contribution in [-0.2, 0) is 11.3 Å². The summed E-state index contributed by atoms with van der Waals surface area (Å²) in [7, 11) is 3.99. The predicted molar refractivity (Wildman–Crippen MR) is 94.3 cm³/mol. The number of nitrogens with one attached hydrogen (secondary N) is 1. The number of aryl methyl sites for hydroxylation is 1. The third-order valence-electron chi connectivity index (χ3n) is 3.44. The fourth-order valence-corrected chi connectivity index (χ4v) is 2.14. The molecule has 2 rings (SSSR count). The van der Waals surface area contributed by atoms with Gasteiger partial charge < -0.3 is 15.0 Å². The standard InChI is InChI=1S/C18H21ClN2O2/c1-13-10-16(8-9-17(13)19)23-12-18(22)20-11-14-4-6-15(7-5-14)21(2)3/h4-10H,11-12H2,1-3H3,(H,20,22). The van der Waals surface area contributed by atoms with Crippen LogP contribution in [0.2, 0.25) is 5.02 Å². The average molecular weight is 333 g/mol. The zero-order chi connectivity index (χ0) is 16.8. The Morgan fingerprint density at radius 1 is 1.17 bits per heavy atom. The number of hydrogen-bond acceptors (Lipinski definition) is 3. The van der Waals surface area contributed by atoms with E-state index in [2.05, 4.69) is 5.32 Å². The lowest BCUT2D eigenvalue weighted by molar-refractivity contribution is -0.123. The fourth-order valence-electron chi connectivity index (χ4n) is 2.02. The van der Waals surface area contributed by atoms with Gasteiger partial charge in [0, 0.05) is 31.4 Å². The molecule has 1 amide bonds. The number of hydrogen-bond donors (Lipinski definition) is 1. The van der Waals surface area contributed by atoms with Gasteiger partial charge in [-0.05, 0) is 48.4 Å². The largest absolute Gasteiger partial charge is 0.484 e. The first-order valence-corrected chi connectivity index (χ1v) is 7.75. The van der Waals surface area contributed by atoms with Gasteiger partial charge >= 0.3 is 0 Å². The van der Waals surface area contributed by atoms with Gasteiger partial charge in [-0.1, -0.05) is 23.7 Å². The van der Waals surface area contributed by atoms with Crippen LogP contribution in [0.15, 0.2) is 42.5 Å². The van der Waals surface area contributed by atoms with Crippen LogP contribution in [0.1, 0.15) is 11.1 Å². The molecule has 0 saturated heterocycles. The van der Waals surface area contributed by atoms with E-state index in [9.17, 15) is 4.79 Å². The number of rotatable bonds is 6. The minimum Gasteiger partial charge on any atom is -0.484 e. The zero-order valence-corrected chi connectivity index (χ0v) is 14.4. The third-order valence-corrected chi connectivity index (χ3v) is 3.87. The fraction of sp³-hybridized carbons (Fsp3) is 0.278. The van der Waals surface area contributed by atoms with Crippen molar-refractivity contribution in [2.75, 3.05) is 25.6 Å². The summed E-state index contributed by atoms with van der Waals surface area (Å²) >= 11 is 5.95. The minimum atomic E-state index is -0.158. The Morgan fingerprint density at radius 2 is 1.87 bits per heavy atom. The summed E-state index contributed by atoms with van der Waals surface area (Å²) in [4.78, 5) is 13.9. The molecule has 0 atom stereocenters. The second kappa shape index (κ2) is 7.88. The molecule has 23 heavy (non-hydrogen) atoms. The Balaban J connectivity index is 1.79. The van der Waals surface area contributed by atoms with Gasteiger partial charge in [0.25, 0.3) is 5.91 Å². The van der Waals surface area contributed by atoms with Gasteiger partial charge in [-0.3, -0.25) is 4.79 Å². The van der Waals surface area contributed by atoms with Crippen LogP contribution in [0.3, 0.4) is 0 Å². The van der Waals surface area contributed by atoms with E-state index in [0.29, 0.717) is 17.3 Å². The lowest BCUT2D eigenvalue weighted by Gasteiger charge is -2.13. The van der Waals surface area contributed by atoms with Crippen molar-refractivity contribution in [2.45, 2.75) is 13.5 Å². The third kappa shape index (κ3) is 5.18. The molecule has 0 fully saturated rings. The van der Waals surface area contributed by atoms with Crippen LogP contribution in [0.25, 0.3) is 0 Å². The summed E-state index contributed by atoms with van der Waals surface area (Å²) in [6.45, 7) is 2.36. The van der Waals surface area contributed by atoms with Crippen LogP contribution >= 0.6 is 11.6 Å². The van der Waals surface area contributed by atoms with Crippen LogP contribution in [0.5, 0.6) is 5.75 Å². The Bertz CT molecular complexity index is 669. The maximum Gasteiger partial charge on any atom is 0.258 e. The SMILES string of the molecule is Cc1cc(OCC(=O)NCc2ccc(N(C)C)cc2)ccc1Cl. The van der Waals surface area contributed by atoms with Crippen molar-refractivity contribution < 1.29 is 9.53 Å². The van der Waals surface area contributed by atoms with Crippen molar-refractivity contribution >= 4 is 23.2 Å². The number of anilines is 1. The van der Waals surface area contributed by atoms with Crippen molar-refractivity contribution in [1.29, 1.82) is 0 Å². The van der Waals surface area contributed by atoms with Gasteiger partial charge in [-0.25, -0.2) is 0 Å². The highest BCUT2D eigenvalue weighted by atomic mass is 35.5. The highest BCUT2D eigenvalue weighted by Crippen LogP contribution is 2.20. The summed E-state index contributed by atoms with van der Waals surface area (Å²) in [6, 6.07) is 13.4. The smallest absolute Gasteiger partial charge is 0.258 e. The van der Waals surface area contributed by atoms with Crippen LogP contribution in [-0.4, -0.2) is 26.6 Å². The Hall–Kier alpha value is -2.20. The van der Waals surface area contributed by atoms with Crippen molar-refractivity contribution in [3.05, 3.63) is 58.6 Å². The number of nitrogens with zero attached hydrogens (tertiary/aromatic N) is 1. The molecule has 0 aliphatic rings. The molecule has 0 bridgehead atoms. The second-order valence-electron chi connectivity index (χ2n) is 5.54. The highest BCUT2D eigenvalue weighted by Gasteiger charge is 2.04. The first-order valence-electron chi connectivity index (χ1n) is 7.37. The van der Waals surface area contributed by atoms with Crippen molar-refractivity contribution in [3.8, 4) is 5.75 Å². The number of halogens is 1. The minimum absolute atomic E-state index is 0.0170. The normalized spacial score (nSPS) is 10.3. The summed E-state index contributed by atoms with van der Waals surface area (Å²) < 4.78 is 5.47. The van der Waals surface area contributed by atoms with Gasteiger partial charge in [0.15, 0.2) is 6.61 Å². The first kappa shape index (κ1) is 17.2. The lowest BCUT2D eigenvalue weighted by atomic mass is 10.2.